The average Bonchev–Trinajstić information content (AvgIpc) is 2.41. The number of alkyl halides is 1. The van der Waals surface area contributed by atoms with Crippen molar-refractivity contribution in [3.8, 4) is 0 Å². The van der Waals surface area contributed by atoms with Crippen LogP contribution in [0.5, 0.6) is 0 Å². The molecular formula is C7H14FN3. The number of hydrogen-bond donors (Lipinski definition) is 1. The molecule has 0 spiro atoms. The molecule has 11 heavy (non-hydrogen) atoms. The first-order valence-electron chi connectivity index (χ1n) is 3.67. The molecule has 0 aromatic carbocycles. The standard InChI is InChI=1S/C5H8FN3.C2H6/c6-1-2-9-4-5(7)3-8-9;1-2/h3-4H,1-2,7H2;1-2H3. The average molecular weight is 159 g/mol. The quantitative estimate of drug-likeness (QED) is 0.710. The Kier molecular flexibility index (Phi) is 5.15. The lowest BCUT2D eigenvalue weighted by molar-refractivity contribution is 0.427. The molecule has 1 aromatic heterocycles. The lowest BCUT2D eigenvalue weighted by Crippen LogP contribution is -1.98. The zero-order valence-corrected chi connectivity index (χ0v) is 6.92. The van der Waals surface area contributed by atoms with E-state index in [1.165, 1.54) is 10.9 Å². The Balaban J connectivity index is 0.000000461. The van der Waals surface area contributed by atoms with Crippen LogP contribution in [0.25, 0.3) is 0 Å². The van der Waals surface area contributed by atoms with E-state index in [0.717, 1.165) is 0 Å². The van der Waals surface area contributed by atoms with Crippen LogP contribution >= 0.6 is 0 Å². The van der Waals surface area contributed by atoms with Gasteiger partial charge >= 0.3 is 0 Å². The van der Waals surface area contributed by atoms with Crippen molar-refractivity contribution in [1.29, 1.82) is 0 Å². The van der Waals surface area contributed by atoms with Crippen molar-refractivity contribution < 1.29 is 4.39 Å². The molecule has 2 N–H and O–H groups in total. The van der Waals surface area contributed by atoms with Crippen molar-refractivity contribution in [1.82, 2.24) is 9.78 Å². The summed E-state index contributed by atoms with van der Waals surface area (Å²) in [5.74, 6) is 0. The van der Waals surface area contributed by atoms with Crippen molar-refractivity contribution in [2.75, 3.05) is 12.4 Å². The van der Waals surface area contributed by atoms with Gasteiger partial charge in [0.1, 0.15) is 6.67 Å². The van der Waals surface area contributed by atoms with E-state index >= 15 is 0 Å². The fourth-order valence-electron chi connectivity index (χ4n) is 0.588. The molecule has 0 fully saturated rings. The van der Waals surface area contributed by atoms with Crippen LogP contribution in [0.1, 0.15) is 13.8 Å². The van der Waals surface area contributed by atoms with Crippen molar-refractivity contribution in [2.24, 2.45) is 0 Å². The van der Waals surface area contributed by atoms with E-state index in [-0.39, 0.29) is 6.54 Å². The molecule has 0 saturated heterocycles. The van der Waals surface area contributed by atoms with Gasteiger partial charge in [0.2, 0.25) is 0 Å². The lowest BCUT2D eigenvalue weighted by Gasteiger charge is -1.91. The number of nitrogens with two attached hydrogens (primary N) is 1. The van der Waals surface area contributed by atoms with Crippen molar-refractivity contribution in [3.63, 3.8) is 0 Å². The number of halogens is 1. The Labute approximate surface area is 66.0 Å². The van der Waals surface area contributed by atoms with Crippen LogP contribution in [0.15, 0.2) is 12.4 Å². The van der Waals surface area contributed by atoms with Gasteiger partial charge in [-0.3, -0.25) is 4.68 Å². The Morgan fingerprint density at radius 2 is 2.27 bits per heavy atom. The van der Waals surface area contributed by atoms with Gasteiger partial charge < -0.3 is 5.73 Å². The second-order valence-electron chi connectivity index (χ2n) is 1.73. The Morgan fingerprint density at radius 3 is 2.64 bits per heavy atom. The first kappa shape index (κ1) is 9.94. The van der Waals surface area contributed by atoms with Crippen molar-refractivity contribution >= 4 is 5.69 Å². The number of aryl methyl sites for hydroxylation is 1. The maximum Gasteiger partial charge on any atom is 0.109 e. The van der Waals surface area contributed by atoms with Gasteiger partial charge in [-0.15, -0.1) is 0 Å². The van der Waals surface area contributed by atoms with E-state index in [1.54, 1.807) is 6.20 Å². The van der Waals surface area contributed by atoms with Gasteiger partial charge in [0.25, 0.3) is 0 Å². The van der Waals surface area contributed by atoms with Gasteiger partial charge in [-0.25, -0.2) is 4.39 Å². The molecule has 0 radical (unpaired) electrons. The minimum atomic E-state index is -0.402. The monoisotopic (exact) mass is 159 g/mol. The Morgan fingerprint density at radius 1 is 1.64 bits per heavy atom. The molecule has 0 aliphatic rings. The summed E-state index contributed by atoms with van der Waals surface area (Å²) in [7, 11) is 0. The van der Waals surface area contributed by atoms with E-state index in [0.29, 0.717) is 5.69 Å². The smallest absolute Gasteiger partial charge is 0.109 e. The first-order chi connectivity index (χ1) is 5.33. The van der Waals surface area contributed by atoms with Crippen molar-refractivity contribution in [2.45, 2.75) is 20.4 Å². The number of hydrogen-bond acceptors (Lipinski definition) is 2. The molecule has 0 amide bonds. The first-order valence-corrected chi connectivity index (χ1v) is 3.67. The maximum absolute atomic E-state index is 11.6. The second-order valence-corrected chi connectivity index (χ2v) is 1.73. The predicted octanol–water partition coefficient (Wildman–Crippen LogP) is 1.46. The van der Waals surface area contributed by atoms with Gasteiger partial charge in [0.05, 0.1) is 18.4 Å². The molecule has 3 nitrogen and oxygen atoms in total. The number of nitrogens with zero attached hydrogens (tertiary/aromatic N) is 2. The fourth-order valence-corrected chi connectivity index (χ4v) is 0.588. The molecule has 0 aliphatic carbocycles. The highest BCUT2D eigenvalue weighted by Gasteiger charge is 1.90. The molecule has 1 rings (SSSR count). The number of rotatable bonds is 2. The van der Waals surface area contributed by atoms with E-state index in [1.807, 2.05) is 13.8 Å². The van der Waals surface area contributed by atoms with E-state index < -0.39 is 6.67 Å². The minimum absolute atomic E-state index is 0.289. The summed E-state index contributed by atoms with van der Waals surface area (Å²) in [6, 6.07) is 0. The number of nitrogen functional groups attached to an aromatic ring is 1. The normalized spacial score (nSPS) is 8.64. The third kappa shape index (κ3) is 3.60. The van der Waals surface area contributed by atoms with Crippen LogP contribution in [0.3, 0.4) is 0 Å². The maximum atomic E-state index is 11.6. The molecule has 0 aliphatic heterocycles. The molecule has 64 valence electrons. The van der Waals surface area contributed by atoms with Gasteiger partial charge in [-0.1, -0.05) is 13.8 Å². The molecule has 4 heteroatoms. The minimum Gasteiger partial charge on any atom is -0.396 e. The largest absolute Gasteiger partial charge is 0.396 e. The summed E-state index contributed by atoms with van der Waals surface area (Å²) in [4.78, 5) is 0. The molecule has 0 saturated carbocycles. The third-order valence-corrected chi connectivity index (χ3v) is 0.967. The fraction of sp³-hybridized carbons (Fsp3) is 0.571. The molecule has 0 unspecified atom stereocenters. The zero-order chi connectivity index (χ0) is 8.69. The number of aromatic nitrogens is 2. The van der Waals surface area contributed by atoms with E-state index in [2.05, 4.69) is 5.10 Å². The Hall–Kier alpha value is -1.06. The zero-order valence-electron chi connectivity index (χ0n) is 6.92. The molecule has 1 heterocycles. The summed E-state index contributed by atoms with van der Waals surface area (Å²) in [6.45, 7) is 3.89. The van der Waals surface area contributed by atoms with Crippen LogP contribution in [-0.2, 0) is 6.54 Å². The molecule has 0 bridgehead atoms. The van der Waals surface area contributed by atoms with Gasteiger partial charge in [-0.2, -0.15) is 5.10 Å². The van der Waals surface area contributed by atoms with Gasteiger partial charge in [-0.05, 0) is 0 Å². The summed E-state index contributed by atoms with van der Waals surface area (Å²) in [5.41, 5.74) is 5.88. The van der Waals surface area contributed by atoms with E-state index in [4.69, 9.17) is 5.73 Å². The highest BCUT2D eigenvalue weighted by Crippen LogP contribution is 1.96. The summed E-state index contributed by atoms with van der Waals surface area (Å²) >= 11 is 0. The summed E-state index contributed by atoms with van der Waals surface area (Å²) < 4.78 is 13.1. The molecule has 0 atom stereocenters. The summed E-state index contributed by atoms with van der Waals surface area (Å²) in [6.07, 6.45) is 3.09. The van der Waals surface area contributed by atoms with Crippen LogP contribution in [0.2, 0.25) is 0 Å². The second kappa shape index (κ2) is 5.70. The SMILES string of the molecule is CC.Nc1cnn(CCF)c1. The van der Waals surface area contributed by atoms with E-state index in [9.17, 15) is 4.39 Å². The highest BCUT2D eigenvalue weighted by atomic mass is 19.1. The van der Waals surface area contributed by atoms with Crippen molar-refractivity contribution in [3.05, 3.63) is 12.4 Å². The predicted molar refractivity (Wildman–Crippen MR) is 44.0 cm³/mol. The number of anilines is 1. The molecular weight excluding hydrogens is 145 g/mol. The van der Waals surface area contributed by atoms with Crippen LogP contribution in [0, 0.1) is 0 Å². The summed E-state index contributed by atoms with van der Waals surface area (Å²) in [5, 5.41) is 3.76. The van der Waals surface area contributed by atoms with Gasteiger partial charge in [0.15, 0.2) is 0 Å². The lowest BCUT2D eigenvalue weighted by atomic mass is 10.6. The van der Waals surface area contributed by atoms with Crippen LogP contribution in [0.4, 0.5) is 10.1 Å². The molecule has 1 aromatic rings. The van der Waals surface area contributed by atoms with Gasteiger partial charge in [0, 0.05) is 6.20 Å². The van der Waals surface area contributed by atoms with Crippen LogP contribution in [-0.4, -0.2) is 16.5 Å². The van der Waals surface area contributed by atoms with Crippen LogP contribution < -0.4 is 5.73 Å². The third-order valence-electron chi connectivity index (χ3n) is 0.967. The Bertz CT molecular complexity index is 186. The highest BCUT2D eigenvalue weighted by molar-refractivity contribution is 5.30. The topological polar surface area (TPSA) is 43.8 Å².